The van der Waals surface area contributed by atoms with E-state index in [1.54, 1.807) is 0 Å². The number of halogens is 1. The first-order chi connectivity index (χ1) is 8.53. The van der Waals surface area contributed by atoms with Crippen LogP contribution in [-0.4, -0.2) is 48.4 Å². The predicted octanol–water partition coefficient (Wildman–Crippen LogP) is 1.81. The molecule has 1 rings (SSSR count). The van der Waals surface area contributed by atoms with Gasteiger partial charge in [0.15, 0.2) is 0 Å². The maximum Gasteiger partial charge on any atom is 0.0850 e. The topological polar surface area (TPSA) is 33.1 Å². The van der Waals surface area contributed by atoms with Crippen LogP contribution >= 0.6 is 11.6 Å². The summed E-state index contributed by atoms with van der Waals surface area (Å²) < 4.78 is 2.03. The molecule has 5 heteroatoms. The van der Waals surface area contributed by atoms with Crippen molar-refractivity contribution in [3.63, 3.8) is 0 Å². The first-order valence-corrected chi connectivity index (χ1v) is 6.97. The summed E-state index contributed by atoms with van der Waals surface area (Å²) in [7, 11) is 6.16. The quantitative estimate of drug-likeness (QED) is 0.822. The third kappa shape index (κ3) is 3.70. The van der Waals surface area contributed by atoms with E-state index in [2.05, 4.69) is 43.3 Å². The largest absolute Gasteiger partial charge is 0.315 e. The van der Waals surface area contributed by atoms with Gasteiger partial charge >= 0.3 is 0 Å². The Morgan fingerprint density at radius 2 is 2.06 bits per heavy atom. The van der Waals surface area contributed by atoms with Gasteiger partial charge in [0.2, 0.25) is 0 Å². The van der Waals surface area contributed by atoms with Gasteiger partial charge in [0.1, 0.15) is 0 Å². The minimum Gasteiger partial charge on any atom is -0.315 e. The van der Waals surface area contributed by atoms with E-state index in [0.29, 0.717) is 6.04 Å². The number of aryl methyl sites for hydroxylation is 2. The third-order valence-corrected chi connectivity index (χ3v) is 3.56. The molecule has 0 amide bonds. The summed E-state index contributed by atoms with van der Waals surface area (Å²) in [4.78, 5) is 2.18. The third-order valence-electron chi connectivity index (χ3n) is 3.13. The lowest BCUT2D eigenvalue weighted by atomic mass is 10.1. The Bertz CT molecular complexity index is 373. The van der Waals surface area contributed by atoms with Crippen LogP contribution in [0.1, 0.15) is 25.2 Å². The van der Waals surface area contributed by atoms with E-state index in [9.17, 15) is 0 Å². The van der Waals surface area contributed by atoms with Crippen LogP contribution in [0.5, 0.6) is 0 Å². The zero-order chi connectivity index (χ0) is 13.7. The highest BCUT2D eigenvalue weighted by atomic mass is 35.5. The van der Waals surface area contributed by atoms with Gasteiger partial charge in [-0.25, -0.2) is 0 Å². The first kappa shape index (κ1) is 15.5. The van der Waals surface area contributed by atoms with Crippen LogP contribution in [-0.2, 0) is 19.4 Å². The second-order valence-electron chi connectivity index (χ2n) is 4.83. The molecule has 0 saturated heterocycles. The van der Waals surface area contributed by atoms with Gasteiger partial charge in [-0.05, 0) is 34.5 Å². The second kappa shape index (κ2) is 7.12. The maximum atomic E-state index is 6.42. The van der Waals surface area contributed by atoms with Gasteiger partial charge in [-0.1, -0.05) is 18.5 Å². The zero-order valence-corrected chi connectivity index (χ0v) is 12.9. The van der Waals surface area contributed by atoms with Crippen LogP contribution in [0.15, 0.2) is 0 Å². The van der Waals surface area contributed by atoms with Crippen LogP contribution in [0.2, 0.25) is 5.02 Å². The number of hydrogen-bond donors (Lipinski definition) is 1. The van der Waals surface area contributed by atoms with Crippen LogP contribution in [0, 0.1) is 0 Å². The van der Waals surface area contributed by atoms with Crippen molar-refractivity contribution in [3.05, 3.63) is 16.4 Å². The van der Waals surface area contributed by atoms with E-state index in [1.165, 1.54) is 0 Å². The van der Waals surface area contributed by atoms with Crippen molar-refractivity contribution in [1.82, 2.24) is 20.0 Å². The van der Waals surface area contributed by atoms with Gasteiger partial charge in [-0.2, -0.15) is 5.10 Å². The Balaban J connectivity index is 2.90. The summed E-state index contributed by atoms with van der Waals surface area (Å²) in [5, 5.41) is 8.75. The molecular formula is C13H25ClN4. The van der Waals surface area contributed by atoms with Crippen molar-refractivity contribution in [1.29, 1.82) is 0 Å². The molecule has 1 atom stereocenters. The molecule has 4 nitrogen and oxygen atoms in total. The van der Waals surface area contributed by atoms with Crippen LogP contribution in [0.3, 0.4) is 0 Å². The SMILES string of the molecule is CCc1nn(CC)c(CC(CN(C)C)NC)c1Cl. The molecule has 0 aromatic carbocycles. The number of nitrogens with zero attached hydrogens (tertiary/aromatic N) is 3. The molecule has 0 saturated carbocycles. The molecule has 1 unspecified atom stereocenters. The van der Waals surface area contributed by atoms with Gasteiger partial charge in [0.05, 0.1) is 16.4 Å². The summed E-state index contributed by atoms with van der Waals surface area (Å²) in [6, 6.07) is 0.393. The highest BCUT2D eigenvalue weighted by molar-refractivity contribution is 6.31. The van der Waals surface area contributed by atoms with E-state index >= 15 is 0 Å². The summed E-state index contributed by atoms with van der Waals surface area (Å²) in [6.07, 6.45) is 1.80. The van der Waals surface area contributed by atoms with Crippen molar-refractivity contribution >= 4 is 11.6 Å². The molecule has 0 bridgehead atoms. The second-order valence-corrected chi connectivity index (χ2v) is 5.21. The highest BCUT2D eigenvalue weighted by Gasteiger charge is 2.18. The molecule has 1 N–H and O–H groups in total. The standard InChI is InChI=1S/C13H25ClN4/c1-6-11-13(14)12(18(7-2)16-11)8-10(15-3)9-17(4)5/h10,15H,6-9H2,1-5H3. The van der Waals surface area contributed by atoms with Crippen LogP contribution < -0.4 is 5.32 Å². The van der Waals surface area contributed by atoms with Gasteiger partial charge in [-0.15, -0.1) is 0 Å². The first-order valence-electron chi connectivity index (χ1n) is 6.59. The molecule has 0 fully saturated rings. The molecule has 104 valence electrons. The molecular weight excluding hydrogens is 248 g/mol. The summed E-state index contributed by atoms with van der Waals surface area (Å²) >= 11 is 6.42. The average Bonchev–Trinajstić information content (AvgIpc) is 2.64. The summed E-state index contributed by atoms with van der Waals surface area (Å²) in [5.41, 5.74) is 2.16. The molecule has 0 radical (unpaired) electrons. The minimum atomic E-state index is 0.393. The van der Waals surface area contributed by atoms with E-state index in [0.717, 1.165) is 42.3 Å². The number of rotatable bonds is 7. The fraction of sp³-hybridized carbons (Fsp3) is 0.769. The van der Waals surface area contributed by atoms with Gasteiger partial charge in [0, 0.05) is 25.6 Å². The zero-order valence-electron chi connectivity index (χ0n) is 12.1. The lowest BCUT2D eigenvalue weighted by molar-refractivity contribution is 0.343. The Labute approximate surface area is 115 Å². The van der Waals surface area contributed by atoms with E-state index < -0.39 is 0 Å². The van der Waals surface area contributed by atoms with Crippen molar-refractivity contribution < 1.29 is 0 Å². The molecule has 1 aromatic rings. The Morgan fingerprint density at radius 1 is 1.39 bits per heavy atom. The monoisotopic (exact) mass is 272 g/mol. The van der Waals surface area contributed by atoms with Gasteiger partial charge in [-0.3, -0.25) is 4.68 Å². The Kier molecular flexibility index (Phi) is 6.12. The van der Waals surface area contributed by atoms with Gasteiger partial charge in [0.25, 0.3) is 0 Å². The maximum absolute atomic E-state index is 6.42. The lowest BCUT2D eigenvalue weighted by Gasteiger charge is -2.21. The smallest absolute Gasteiger partial charge is 0.0850 e. The van der Waals surface area contributed by atoms with Crippen molar-refractivity contribution in [2.75, 3.05) is 27.7 Å². The van der Waals surface area contributed by atoms with Crippen LogP contribution in [0.25, 0.3) is 0 Å². The number of aromatic nitrogens is 2. The van der Waals surface area contributed by atoms with E-state index in [4.69, 9.17) is 11.6 Å². The number of nitrogens with one attached hydrogen (secondary N) is 1. The molecule has 0 spiro atoms. The molecule has 1 aromatic heterocycles. The molecule has 0 aliphatic heterocycles. The molecule has 1 heterocycles. The lowest BCUT2D eigenvalue weighted by Crippen LogP contribution is -2.38. The molecule has 0 aliphatic carbocycles. The Hall–Kier alpha value is -0.580. The van der Waals surface area contributed by atoms with Crippen molar-refractivity contribution in [2.24, 2.45) is 0 Å². The highest BCUT2D eigenvalue weighted by Crippen LogP contribution is 2.23. The van der Waals surface area contributed by atoms with Crippen molar-refractivity contribution in [2.45, 2.75) is 39.3 Å². The number of hydrogen-bond acceptors (Lipinski definition) is 3. The van der Waals surface area contributed by atoms with E-state index in [-0.39, 0.29) is 0 Å². The fourth-order valence-electron chi connectivity index (χ4n) is 2.14. The van der Waals surface area contributed by atoms with Crippen molar-refractivity contribution in [3.8, 4) is 0 Å². The number of likely N-dealkylation sites (N-methyl/N-ethyl adjacent to an activating group) is 2. The molecule has 18 heavy (non-hydrogen) atoms. The average molecular weight is 273 g/mol. The summed E-state index contributed by atoms with van der Waals surface area (Å²) in [6.45, 7) is 6.05. The summed E-state index contributed by atoms with van der Waals surface area (Å²) in [5.74, 6) is 0. The Morgan fingerprint density at radius 3 is 2.50 bits per heavy atom. The fourth-order valence-corrected chi connectivity index (χ4v) is 2.49. The molecule has 0 aliphatic rings. The normalized spacial score (nSPS) is 13.3. The predicted molar refractivity (Wildman–Crippen MR) is 77.4 cm³/mol. The minimum absolute atomic E-state index is 0.393. The van der Waals surface area contributed by atoms with Gasteiger partial charge < -0.3 is 10.2 Å². The van der Waals surface area contributed by atoms with Crippen LogP contribution in [0.4, 0.5) is 0 Å². The van der Waals surface area contributed by atoms with E-state index in [1.807, 2.05) is 11.7 Å².